The third-order valence-electron chi connectivity index (χ3n) is 3.81. The maximum Gasteiger partial charge on any atom is 0.301 e. The molecular weight excluding hydrogens is 272 g/mol. The van der Waals surface area contributed by atoms with Crippen LogP contribution in [0.15, 0.2) is 10.5 Å². The maximum absolute atomic E-state index is 11.7. The number of nitrogens with zero attached hydrogens (tertiary/aromatic N) is 1. The third kappa shape index (κ3) is 3.62. The van der Waals surface area contributed by atoms with Gasteiger partial charge in [-0.05, 0) is 32.4 Å². The molecule has 7 nitrogen and oxygen atoms in total. The maximum atomic E-state index is 11.7. The molecule has 4 N–H and O–H groups in total. The summed E-state index contributed by atoms with van der Waals surface area (Å²) >= 11 is 0. The van der Waals surface area contributed by atoms with Crippen LogP contribution in [0, 0.1) is 12.8 Å². The molecule has 1 unspecified atom stereocenters. The molecule has 0 aromatic carbocycles. The lowest BCUT2D eigenvalue weighted by Crippen LogP contribution is -2.41. The number of carbonyl (C=O) groups excluding carboxylic acids is 2. The molecule has 1 atom stereocenters. The molecule has 2 heterocycles. The monoisotopic (exact) mass is 294 g/mol. The van der Waals surface area contributed by atoms with E-state index >= 15 is 0 Å². The highest BCUT2D eigenvalue weighted by Crippen LogP contribution is 2.21. The van der Waals surface area contributed by atoms with Crippen molar-refractivity contribution in [3.63, 3.8) is 0 Å². The standard InChI is InChI=1S/C14H22N4O3/c1-9-6-11(21-12(9)14(20)17-15)8-18-5-3-4-10(7-18)13(19)16-2/h6,10H,3-5,7-8,15H2,1-2H3,(H,16,19)(H,17,20). The van der Waals surface area contributed by atoms with Crippen LogP contribution in [0.2, 0.25) is 0 Å². The highest BCUT2D eigenvalue weighted by molar-refractivity contribution is 5.92. The first-order valence-electron chi connectivity index (χ1n) is 7.09. The van der Waals surface area contributed by atoms with E-state index in [2.05, 4.69) is 15.6 Å². The van der Waals surface area contributed by atoms with Crippen molar-refractivity contribution in [2.75, 3.05) is 20.1 Å². The van der Waals surface area contributed by atoms with Gasteiger partial charge in [0.25, 0.3) is 0 Å². The number of nitrogens with one attached hydrogen (secondary N) is 2. The van der Waals surface area contributed by atoms with Crippen molar-refractivity contribution in [1.29, 1.82) is 0 Å². The normalized spacial score (nSPS) is 19.3. The van der Waals surface area contributed by atoms with Gasteiger partial charge in [-0.2, -0.15) is 0 Å². The number of rotatable bonds is 4. The Morgan fingerprint density at radius 1 is 1.52 bits per heavy atom. The van der Waals surface area contributed by atoms with Crippen molar-refractivity contribution in [2.24, 2.45) is 11.8 Å². The topological polar surface area (TPSA) is 101 Å². The SMILES string of the molecule is CNC(=O)C1CCCN(Cc2cc(C)c(C(=O)NN)o2)C1. The number of hydrogen-bond acceptors (Lipinski definition) is 5. The fourth-order valence-corrected chi connectivity index (χ4v) is 2.75. The van der Waals surface area contributed by atoms with E-state index in [1.165, 1.54) is 0 Å². The average molecular weight is 294 g/mol. The zero-order valence-electron chi connectivity index (χ0n) is 12.4. The molecule has 0 spiro atoms. The molecule has 1 aliphatic rings. The molecular formula is C14H22N4O3. The van der Waals surface area contributed by atoms with Gasteiger partial charge in [-0.3, -0.25) is 19.9 Å². The molecule has 1 fully saturated rings. The van der Waals surface area contributed by atoms with E-state index in [4.69, 9.17) is 10.3 Å². The highest BCUT2D eigenvalue weighted by atomic mass is 16.4. The Labute approximate surface area is 123 Å². The second kappa shape index (κ2) is 6.73. The third-order valence-corrected chi connectivity index (χ3v) is 3.81. The van der Waals surface area contributed by atoms with Gasteiger partial charge in [0.05, 0.1) is 12.5 Å². The highest BCUT2D eigenvalue weighted by Gasteiger charge is 2.26. The number of furan rings is 1. The molecule has 0 saturated carbocycles. The van der Waals surface area contributed by atoms with Gasteiger partial charge < -0.3 is 9.73 Å². The minimum absolute atomic E-state index is 0.0200. The number of carbonyl (C=O) groups is 2. The summed E-state index contributed by atoms with van der Waals surface area (Å²) in [5.74, 6) is 5.75. The molecule has 21 heavy (non-hydrogen) atoms. The number of hydrazine groups is 1. The lowest BCUT2D eigenvalue weighted by Gasteiger charge is -2.30. The molecule has 116 valence electrons. The quantitative estimate of drug-likeness (QED) is 0.417. The van der Waals surface area contributed by atoms with Gasteiger partial charge in [0.2, 0.25) is 5.91 Å². The van der Waals surface area contributed by atoms with E-state index in [1.54, 1.807) is 14.0 Å². The summed E-state index contributed by atoms with van der Waals surface area (Å²) in [5.41, 5.74) is 2.83. The van der Waals surface area contributed by atoms with E-state index in [1.807, 2.05) is 6.07 Å². The molecule has 1 aromatic heterocycles. The van der Waals surface area contributed by atoms with Crippen molar-refractivity contribution in [3.05, 3.63) is 23.2 Å². The van der Waals surface area contributed by atoms with Crippen molar-refractivity contribution in [3.8, 4) is 0 Å². The Morgan fingerprint density at radius 3 is 2.95 bits per heavy atom. The van der Waals surface area contributed by atoms with Crippen molar-refractivity contribution < 1.29 is 14.0 Å². The van der Waals surface area contributed by atoms with Crippen LogP contribution in [0.1, 0.15) is 34.7 Å². The molecule has 2 rings (SSSR count). The number of hydrogen-bond donors (Lipinski definition) is 3. The van der Waals surface area contributed by atoms with Crippen molar-refractivity contribution in [2.45, 2.75) is 26.3 Å². The van der Waals surface area contributed by atoms with Crippen LogP contribution in [0.4, 0.5) is 0 Å². The second-order valence-electron chi connectivity index (χ2n) is 5.39. The molecule has 0 radical (unpaired) electrons. The summed E-state index contributed by atoms with van der Waals surface area (Å²) in [4.78, 5) is 25.4. The Bertz CT molecular complexity index is 526. The second-order valence-corrected chi connectivity index (χ2v) is 5.39. The van der Waals surface area contributed by atoms with E-state index in [9.17, 15) is 9.59 Å². The number of nitrogens with two attached hydrogens (primary N) is 1. The number of piperidine rings is 1. The molecule has 7 heteroatoms. The molecule has 2 amide bonds. The average Bonchev–Trinajstić information content (AvgIpc) is 2.86. The van der Waals surface area contributed by atoms with Gasteiger partial charge in [-0.1, -0.05) is 0 Å². The first kappa shape index (κ1) is 15.5. The molecule has 0 bridgehead atoms. The Balaban J connectivity index is 2.01. The van der Waals surface area contributed by atoms with Gasteiger partial charge in [0.1, 0.15) is 5.76 Å². The fourth-order valence-electron chi connectivity index (χ4n) is 2.75. The number of likely N-dealkylation sites (tertiary alicyclic amines) is 1. The Hall–Kier alpha value is -1.86. The van der Waals surface area contributed by atoms with Crippen LogP contribution in [0.5, 0.6) is 0 Å². The zero-order chi connectivity index (χ0) is 15.4. The molecule has 1 aromatic rings. The van der Waals surface area contributed by atoms with Gasteiger partial charge in [-0.15, -0.1) is 0 Å². The number of nitrogen functional groups attached to an aromatic ring is 1. The smallest absolute Gasteiger partial charge is 0.301 e. The zero-order valence-corrected chi connectivity index (χ0v) is 12.4. The molecule has 1 saturated heterocycles. The van der Waals surface area contributed by atoms with Crippen LogP contribution in [-0.4, -0.2) is 36.9 Å². The minimum Gasteiger partial charge on any atom is -0.454 e. The molecule has 1 aliphatic heterocycles. The summed E-state index contributed by atoms with van der Waals surface area (Å²) in [6.07, 6.45) is 1.89. The summed E-state index contributed by atoms with van der Waals surface area (Å²) in [7, 11) is 1.66. The van der Waals surface area contributed by atoms with Gasteiger partial charge in [0, 0.05) is 19.2 Å². The van der Waals surface area contributed by atoms with E-state index < -0.39 is 5.91 Å². The van der Waals surface area contributed by atoms with Crippen LogP contribution >= 0.6 is 0 Å². The lowest BCUT2D eigenvalue weighted by molar-refractivity contribution is -0.126. The largest absolute Gasteiger partial charge is 0.454 e. The summed E-state index contributed by atoms with van der Waals surface area (Å²) in [6, 6.07) is 1.84. The van der Waals surface area contributed by atoms with E-state index in [0.29, 0.717) is 18.8 Å². The van der Waals surface area contributed by atoms with Gasteiger partial charge >= 0.3 is 5.91 Å². The van der Waals surface area contributed by atoms with Gasteiger partial charge in [-0.25, -0.2) is 5.84 Å². The van der Waals surface area contributed by atoms with Crippen LogP contribution in [0.3, 0.4) is 0 Å². The first-order valence-corrected chi connectivity index (χ1v) is 7.09. The predicted octanol–water partition coefficient (Wildman–Crippen LogP) is 0.150. The van der Waals surface area contributed by atoms with Crippen molar-refractivity contribution >= 4 is 11.8 Å². The Kier molecular flexibility index (Phi) is 4.98. The molecule has 0 aliphatic carbocycles. The fraction of sp³-hybridized carbons (Fsp3) is 0.571. The van der Waals surface area contributed by atoms with Crippen LogP contribution < -0.4 is 16.6 Å². The minimum atomic E-state index is -0.430. The van der Waals surface area contributed by atoms with Gasteiger partial charge in [0.15, 0.2) is 5.76 Å². The Morgan fingerprint density at radius 2 is 2.29 bits per heavy atom. The lowest BCUT2D eigenvalue weighted by atomic mass is 9.97. The van der Waals surface area contributed by atoms with E-state index in [0.717, 1.165) is 24.9 Å². The summed E-state index contributed by atoms with van der Waals surface area (Å²) in [6.45, 7) is 4.02. The van der Waals surface area contributed by atoms with Crippen LogP contribution in [0.25, 0.3) is 0 Å². The van der Waals surface area contributed by atoms with E-state index in [-0.39, 0.29) is 17.6 Å². The van der Waals surface area contributed by atoms with Crippen molar-refractivity contribution in [1.82, 2.24) is 15.6 Å². The number of aryl methyl sites for hydroxylation is 1. The summed E-state index contributed by atoms with van der Waals surface area (Å²) < 4.78 is 5.56. The van der Waals surface area contributed by atoms with Crippen LogP contribution in [-0.2, 0) is 11.3 Å². The predicted molar refractivity (Wildman–Crippen MR) is 77.2 cm³/mol. The first-order chi connectivity index (χ1) is 10.0. The number of amides is 2. The summed E-state index contributed by atoms with van der Waals surface area (Å²) in [5, 5.41) is 2.70.